The fourth-order valence-electron chi connectivity index (χ4n) is 1.78. The fourth-order valence-corrected chi connectivity index (χ4v) is 1.78. The first-order chi connectivity index (χ1) is 8.89. The molecule has 1 rings (SSSR count). The summed E-state index contributed by atoms with van der Waals surface area (Å²) in [5.41, 5.74) is 1.47. The van der Waals surface area contributed by atoms with Crippen LogP contribution in [0.3, 0.4) is 0 Å². The van der Waals surface area contributed by atoms with Gasteiger partial charge in [0.15, 0.2) is 0 Å². The Bertz CT molecular complexity index is 407. The van der Waals surface area contributed by atoms with Crippen molar-refractivity contribution in [1.82, 2.24) is 0 Å². The Morgan fingerprint density at radius 2 is 1.84 bits per heavy atom. The van der Waals surface area contributed by atoms with E-state index in [0.717, 1.165) is 12.2 Å². The van der Waals surface area contributed by atoms with Crippen molar-refractivity contribution >= 4 is 5.97 Å². The van der Waals surface area contributed by atoms with Gasteiger partial charge in [0.2, 0.25) is 0 Å². The number of hydrogen-bond acceptors (Lipinski definition) is 3. The smallest absolute Gasteiger partial charge is 0.309 e. The van der Waals surface area contributed by atoms with Crippen LogP contribution in [0.15, 0.2) is 24.3 Å². The molecular formula is C16H24O3. The Labute approximate surface area is 115 Å². The first-order valence-corrected chi connectivity index (χ1v) is 6.73. The van der Waals surface area contributed by atoms with Crippen LogP contribution in [0.2, 0.25) is 0 Å². The molecule has 1 aromatic rings. The molecule has 0 aliphatic rings. The Kier molecular flexibility index (Phi) is 5.40. The highest BCUT2D eigenvalue weighted by Crippen LogP contribution is 2.28. The van der Waals surface area contributed by atoms with Crippen LogP contribution in [-0.4, -0.2) is 19.2 Å². The molecule has 1 aromatic carbocycles. The predicted molar refractivity (Wildman–Crippen MR) is 76.5 cm³/mol. The van der Waals surface area contributed by atoms with Crippen LogP contribution in [0, 0.1) is 0 Å². The molecule has 3 nitrogen and oxygen atoms in total. The van der Waals surface area contributed by atoms with E-state index in [-0.39, 0.29) is 23.9 Å². The predicted octanol–water partition coefficient (Wildman–Crippen LogP) is 3.70. The molecule has 0 bridgehead atoms. The summed E-state index contributed by atoms with van der Waals surface area (Å²) in [6.45, 7) is 8.50. The lowest BCUT2D eigenvalue weighted by Crippen LogP contribution is -2.18. The Morgan fingerprint density at radius 1 is 1.26 bits per heavy atom. The van der Waals surface area contributed by atoms with E-state index in [4.69, 9.17) is 4.74 Å². The molecule has 0 radical (unpaired) electrons. The molecule has 106 valence electrons. The van der Waals surface area contributed by atoms with Gasteiger partial charge in [0.05, 0.1) is 13.5 Å². The van der Waals surface area contributed by atoms with Crippen molar-refractivity contribution in [2.75, 3.05) is 7.11 Å². The molecule has 0 N–H and O–H groups in total. The highest BCUT2D eigenvalue weighted by atomic mass is 16.5. The van der Waals surface area contributed by atoms with Gasteiger partial charge in [-0.3, -0.25) is 4.79 Å². The monoisotopic (exact) mass is 264 g/mol. The number of ether oxygens (including phenoxy) is 2. The highest BCUT2D eigenvalue weighted by Gasteiger charge is 2.18. The van der Waals surface area contributed by atoms with Crippen LogP contribution < -0.4 is 4.74 Å². The SMILES string of the molecule is CCC(C)(C)c1ccc(OC(C)CC(=O)OC)cc1. The normalized spacial score (nSPS) is 12.9. The van der Waals surface area contributed by atoms with Crippen LogP contribution in [-0.2, 0) is 14.9 Å². The van der Waals surface area contributed by atoms with Gasteiger partial charge in [-0.2, -0.15) is 0 Å². The summed E-state index contributed by atoms with van der Waals surface area (Å²) in [5.74, 6) is 0.531. The van der Waals surface area contributed by atoms with Gasteiger partial charge < -0.3 is 9.47 Å². The summed E-state index contributed by atoms with van der Waals surface area (Å²) in [6, 6.07) is 8.09. The van der Waals surface area contributed by atoms with Gasteiger partial charge in [-0.15, -0.1) is 0 Å². The zero-order chi connectivity index (χ0) is 14.5. The Morgan fingerprint density at radius 3 is 2.32 bits per heavy atom. The second-order valence-corrected chi connectivity index (χ2v) is 5.47. The van der Waals surface area contributed by atoms with E-state index in [1.54, 1.807) is 0 Å². The third-order valence-corrected chi connectivity index (χ3v) is 3.54. The van der Waals surface area contributed by atoms with E-state index < -0.39 is 0 Å². The molecule has 0 heterocycles. The summed E-state index contributed by atoms with van der Waals surface area (Å²) >= 11 is 0. The maximum absolute atomic E-state index is 11.1. The number of hydrogen-bond donors (Lipinski definition) is 0. The van der Waals surface area contributed by atoms with Gasteiger partial charge >= 0.3 is 5.97 Å². The summed E-state index contributed by atoms with van der Waals surface area (Å²) in [4.78, 5) is 11.1. The maximum Gasteiger partial charge on any atom is 0.309 e. The second-order valence-electron chi connectivity index (χ2n) is 5.47. The number of benzene rings is 1. The zero-order valence-electron chi connectivity index (χ0n) is 12.5. The minimum Gasteiger partial charge on any atom is -0.490 e. The number of rotatable bonds is 6. The lowest BCUT2D eigenvalue weighted by Gasteiger charge is -2.23. The molecule has 1 atom stereocenters. The van der Waals surface area contributed by atoms with E-state index in [1.165, 1.54) is 12.7 Å². The lowest BCUT2D eigenvalue weighted by atomic mass is 9.82. The average Bonchev–Trinajstić information content (AvgIpc) is 2.39. The molecule has 0 aliphatic heterocycles. The summed E-state index contributed by atoms with van der Waals surface area (Å²) in [7, 11) is 1.39. The second kappa shape index (κ2) is 6.60. The summed E-state index contributed by atoms with van der Waals surface area (Å²) in [6.07, 6.45) is 1.17. The largest absolute Gasteiger partial charge is 0.490 e. The molecule has 0 spiro atoms. The van der Waals surface area contributed by atoms with E-state index in [9.17, 15) is 4.79 Å². The zero-order valence-corrected chi connectivity index (χ0v) is 12.5. The van der Waals surface area contributed by atoms with Crippen LogP contribution in [0.25, 0.3) is 0 Å². The van der Waals surface area contributed by atoms with Crippen molar-refractivity contribution in [3.63, 3.8) is 0 Å². The van der Waals surface area contributed by atoms with Crippen LogP contribution >= 0.6 is 0 Å². The van der Waals surface area contributed by atoms with Crippen molar-refractivity contribution in [3.8, 4) is 5.75 Å². The average molecular weight is 264 g/mol. The third kappa shape index (κ3) is 4.58. The van der Waals surface area contributed by atoms with Crippen molar-refractivity contribution in [1.29, 1.82) is 0 Å². The molecule has 0 fully saturated rings. The number of esters is 1. The molecule has 0 saturated heterocycles. The van der Waals surface area contributed by atoms with Crippen molar-refractivity contribution in [3.05, 3.63) is 29.8 Å². The van der Waals surface area contributed by atoms with Crippen molar-refractivity contribution < 1.29 is 14.3 Å². The number of carbonyl (C=O) groups excluding carboxylic acids is 1. The van der Waals surface area contributed by atoms with Crippen molar-refractivity contribution in [2.45, 2.75) is 52.1 Å². The van der Waals surface area contributed by atoms with Gasteiger partial charge in [-0.1, -0.05) is 32.9 Å². The molecule has 0 amide bonds. The standard InChI is InChI=1S/C16H24O3/c1-6-16(3,4)13-7-9-14(10-8-13)19-12(2)11-15(17)18-5/h7-10,12H,6,11H2,1-5H3. The minimum atomic E-state index is -0.253. The van der Waals surface area contributed by atoms with Crippen LogP contribution in [0.4, 0.5) is 0 Å². The molecule has 1 unspecified atom stereocenters. The molecule has 19 heavy (non-hydrogen) atoms. The Balaban J connectivity index is 2.64. The molecule has 0 aliphatic carbocycles. The van der Waals surface area contributed by atoms with Gasteiger partial charge in [-0.25, -0.2) is 0 Å². The first-order valence-electron chi connectivity index (χ1n) is 6.73. The molecule has 0 saturated carbocycles. The fraction of sp³-hybridized carbons (Fsp3) is 0.562. The Hall–Kier alpha value is -1.51. The molecule has 3 heteroatoms. The van der Waals surface area contributed by atoms with Crippen molar-refractivity contribution in [2.24, 2.45) is 0 Å². The number of carbonyl (C=O) groups is 1. The van der Waals surface area contributed by atoms with E-state index in [2.05, 4.69) is 37.6 Å². The first kappa shape index (κ1) is 15.5. The minimum absolute atomic E-state index is 0.177. The number of methoxy groups -OCH3 is 1. The van der Waals surface area contributed by atoms with Gasteiger partial charge in [0, 0.05) is 0 Å². The van der Waals surface area contributed by atoms with Crippen LogP contribution in [0.1, 0.15) is 46.1 Å². The van der Waals surface area contributed by atoms with Gasteiger partial charge in [0.1, 0.15) is 11.9 Å². The molecular weight excluding hydrogens is 240 g/mol. The quantitative estimate of drug-likeness (QED) is 0.735. The molecule has 0 aromatic heterocycles. The van der Waals surface area contributed by atoms with E-state index in [0.29, 0.717) is 0 Å². The third-order valence-electron chi connectivity index (χ3n) is 3.54. The summed E-state index contributed by atoms with van der Waals surface area (Å²) in [5, 5.41) is 0. The van der Waals surface area contributed by atoms with E-state index >= 15 is 0 Å². The van der Waals surface area contributed by atoms with Gasteiger partial charge in [0.25, 0.3) is 0 Å². The van der Waals surface area contributed by atoms with Gasteiger partial charge in [-0.05, 0) is 36.5 Å². The van der Waals surface area contributed by atoms with E-state index in [1.807, 2.05) is 19.1 Å². The summed E-state index contributed by atoms with van der Waals surface area (Å²) < 4.78 is 10.3. The maximum atomic E-state index is 11.1. The highest BCUT2D eigenvalue weighted by molar-refractivity contribution is 5.69. The lowest BCUT2D eigenvalue weighted by molar-refractivity contribution is -0.142. The van der Waals surface area contributed by atoms with Crippen LogP contribution in [0.5, 0.6) is 5.75 Å². The topological polar surface area (TPSA) is 35.5 Å².